The summed E-state index contributed by atoms with van der Waals surface area (Å²) in [4.78, 5) is 11.6. The Bertz CT molecular complexity index is 381. The first-order valence-electron chi connectivity index (χ1n) is 5.64. The van der Waals surface area contributed by atoms with Gasteiger partial charge < -0.3 is 10.1 Å². The van der Waals surface area contributed by atoms with Crippen LogP contribution in [-0.2, 0) is 9.53 Å². The quantitative estimate of drug-likeness (QED) is 0.801. The summed E-state index contributed by atoms with van der Waals surface area (Å²) in [5.41, 5.74) is 0.754. The minimum Gasteiger partial charge on any atom is -0.469 e. The Balaban J connectivity index is 3.00. The highest BCUT2D eigenvalue weighted by atomic mass is 19.1. The predicted octanol–water partition coefficient (Wildman–Crippen LogP) is 2.29. The average molecular weight is 239 g/mol. The lowest BCUT2D eigenvalue weighted by Gasteiger charge is -2.24. The maximum absolute atomic E-state index is 13.2. The summed E-state index contributed by atoms with van der Waals surface area (Å²) >= 11 is 0. The molecule has 1 aromatic rings. The fourth-order valence-electron chi connectivity index (χ4n) is 1.99. The summed E-state index contributed by atoms with van der Waals surface area (Å²) in [6.07, 6.45) is 0.634. The molecule has 1 rings (SSSR count). The van der Waals surface area contributed by atoms with Gasteiger partial charge >= 0.3 is 5.97 Å². The Kier molecular flexibility index (Phi) is 5.10. The zero-order chi connectivity index (χ0) is 12.8. The number of hydrogen-bond donors (Lipinski definition) is 1. The summed E-state index contributed by atoms with van der Waals surface area (Å²) in [7, 11) is 3.12. The molecule has 0 heterocycles. The number of nitrogens with one attached hydrogen (secondary N) is 1. The summed E-state index contributed by atoms with van der Waals surface area (Å²) < 4.78 is 17.9. The van der Waals surface area contributed by atoms with Crippen molar-refractivity contribution in [1.29, 1.82) is 0 Å². The molecule has 0 spiro atoms. The van der Waals surface area contributed by atoms with Gasteiger partial charge in [-0.2, -0.15) is 0 Å². The number of carbonyl (C=O) groups is 1. The van der Waals surface area contributed by atoms with Crippen molar-refractivity contribution in [2.24, 2.45) is 5.92 Å². The van der Waals surface area contributed by atoms with Crippen LogP contribution >= 0.6 is 0 Å². The highest BCUT2D eigenvalue weighted by Crippen LogP contribution is 2.25. The van der Waals surface area contributed by atoms with E-state index in [1.807, 2.05) is 6.92 Å². The topological polar surface area (TPSA) is 38.3 Å². The number of rotatable bonds is 5. The molecule has 0 aliphatic carbocycles. The maximum Gasteiger partial charge on any atom is 0.310 e. The number of halogens is 1. The largest absolute Gasteiger partial charge is 0.469 e. The van der Waals surface area contributed by atoms with Gasteiger partial charge in [0.2, 0.25) is 0 Å². The predicted molar refractivity (Wildman–Crippen MR) is 64.0 cm³/mol. The van der Waals surface area contributed by atoms with E-state index in [9.17, 15) is 9.18 Å². The van der Waals surface area contributed by atoms with Crippen LogP contribution < -0.4 is 5.32 Å². The lowest BCUT2D eigenvalue weighted by Crippen LogP contribution is -2.31. The van der Waals surface area contributed by atoms with E-state index in [1.54, 1.807) is 19.2 Å². The molecule has 0 bridgehead atoms. The third kappa shape index (κ3) is 3.27. The molecule has 4 heteroatoms. The normalized spacial score (nSPS) is 14.1. The third-order valence-electron chi connectivity index (χ3n) is 2.86. The van der Waals surface area contributed by atoms with Crippen molar-refractivity contribution in [2.75, 3.05) is 14.2 Å². The summed E-state index contributed by atoms with van der Waals surface area (Å²) in [5.74, 6) is -0.898. The molecule has 0 aliphatic rings. The van der Waals surface area contributed by atoms with Crippen LogP contribution in [0.2, 0.25) is 0 Å². The second kappa shape index (κ2) is 6.35. The van der Waals surface area contributed by atoms with E-state index in [2.05, 4.69) is 5.32 Å². The van der Waals surface area contributed by atoms with Crippen molar-refractivity contribution in [3.8, 4) is 0 Å². The Labute approximate surface area is 101 Å². The molecule has 0 saturated carbocycles. The van der Waals surface area contributed by atoms with Crippen molar-refractivity contribution in [3.63, 3.8) is 0 Å². The molecular formula is C13H18FNO2. The van der Waals surface area contributed by atoms with Gasteiger partial charge in [-0.15, -0.1) is 0 Å². The fraction of sp³-hybridized carbons (Fsp3) is 0.462. The van der Waals surface area contributed by atoms with Gasteiger partial charge in [0.1, 0.15) is 5.82 Å². The SMILES string of the molecule is CCC(C(=O)OC)C(NC)c1cccc(F)c1. The van der Waals surface area contributed by atoms with Crippen LogP contribution in [0.25, 0.3) is 0 Å². The molecule has 2 unspecified atom stereocenters. The van der Waals surface area contributed by atoms with Crippen LogP contribution in [0.4, 0.5) is 4.39 Å². The first-order chi connectivity index (χ1) is 8.13. The number of methoxy groups -OCH3 is 1. The summed E-state index contributed by atoms with van der Waals surface area (Å²) in [5, 5.41) is 3.04. The number of carbonyl (C=O) groups excluding carboxylic acids is 1. The first-order valence-corrected chi connectivity index (χ1v) is 5.64. The fourth-order valence-corrected chi connectivity index (χ4v) is 1.99. The number of hydrogen-bond acceptors (Lipinski definition) is 3. The molecule has 0 aromatic heterocycles. The van der Waals surface area contributed by atoms with E-state index in [-0.39, 0.29) is 23.7 Å². The van der Waals surface area contributed by atoms with Crippen molar-refractivity contribution < 1.29 is 13.9 Å². The Hall–Kier alpha value is -1.42. The van der Waals surface area contributed by atoms with Gasteiger partial charge in [0.15, 0.2) is 0 Å². The molecule has 0 radical (unpaired) electrons. The highest BCUT2D eigenvalue weighted by Gasteiger charge is 2.27. The van der Waals surface area contributed by atoms with E-state index in [0.717, 1.165) is 5.56 Å². The Morgan fingerprint density at radius 3 is 2.71 bits per heavy atom. The second-order valence-electron chi connectivity index (χ2n) is 3.86. The van der Waals surface area contributed by atoms with Crippen molar-refractivity contribution in [2.45, 2.75) is 19.4 Å². The smallest absolute Gasteiger partial charge is 0.310 e. The molecular weight excluding hydrogens is 221 g/mol. The van der Waals surface area contributed by atoms with Gasteiger partial charge in [0, 0.05) is 6.04 Å². The molecule has 17 heavy (non-hydrogen) atoms. The molecule has 2 atom stereocenters. The lowest BCUT2D eigenvalue weighted by molar-refractivity contribution is -0.146. The Morgan fingerprint density at radius 1 is 1.53 bits per heavy atom. The van der Waals surface area contributed by atoms with E-state index < -0.39 is 0 Å². The Morgan fingerprint density at radius 2 is 2.24 bits per heavy atom. The van der Waals surface area contributed by atoms with Crippen molar-refractivity contribution in [3.05, 3.63) is 35.6 Å². The lowest BCUT2D eigenvalue weighted by atomic mass is 9.91. The van der Waals surface area contributed by atoms with Gasteiger partial charge in [-0.25, -0.2) is 4.39 Å². The van der Waals surface area contributed by atoms with Crippen molar-refractivity contribution >= 4 is 5.97 Å². The minimum absolute atomic E-state index is 0.233. The number of esters is 1. The zero-order valence-electron chi connectivity index (χ0n) is 10.4. The van der Waals surface area contributed by atoms with Gasteiger partial charge in [-0.1, -0.05) is 19.1 Å². The summed E-state index contributed by atoms with van der Waals surface area (Å²) in [6.45, 7) is 1.91. The number of ether oxygens (including phenoxy) is 1. The van der Waals surface area contributed by atoms with Gasteiger partial charge in [0.05, 0.1) is 13.0 Å². The van der Waals surface area contributed by atoms with Crippen LogP contribution in [0.15, 0.2) is 24.3 Å². The molecule has 1 aromatic carbocycles. The second-order valence-corrected chi connectivity index (χ2v) is 3.86. The van der Waals surface area contributed by atoms with Crippen molar-refractivity contribution in [1.82, 2.24) is 5.32 Å². The molecule has 0 saturated heterocycles. The van der Waals surface area contributed by atoms with Gasteiger partial charge in [-0.3, -0.25) is 4.79 Å². The van der Waals surface area contributed by atoms with Crippen LogP contribution in [0.5, 0.6) is 0 Å². The van der Waals surface area contributed by atoms with Crippen LogP contribution in [-0.4, -0.2) is 20.1 Å². The monoisotopic (exact) mass is 239 g/mol. The molecule has 1 N–H and O–H groups in total. The summed E-state index contributed by atoms with van der Waals surface area (Å²) in [6, 6.07) is 6.03. The van der Waals surface area contributed by atoms with E-state index in [4.69, 9.17) is 4.74 Å². The van der Waals surface area contributed by atoms with E-state index in [1.165, 1.54) is 19.2 Å². The molecule has 94 valence electrons. The highest BCUT2D eigenvalue weighted by molar-refractivity contribution is 5.73. The molecule has 0 aliphatic heterocycles. The van der Waals surface area contributed by atoms with Crippen LogP contribution in [0.1, 0.15) is 24.9 Å². The van der Waals surface area contributed by atoms with E-state index in [0.29, 0.717) is 6.42 Å². The van der Waals surface area contributed by atoms with Crippen LogP contribution in [0, 0.1) is 11.7 Å². The molecule has 0 fully saturated rings. The standard InChI is InChI=1S/C13H18FNO2/c1-4-11(13(16)17-3)12(15-2)9-6-5-7-10(14)8-9/h5-8,11-12,15H,4H2,1-3H3. The molecule has 0 amide bonds. The van der Waals surface area contributed by atoms with Gasteiger partial charge in [0.25, 0.3) is 0 Å². The third-order valence-corrected chi connectivity index (χ3v) is 2.86. The number of benzene rings is 1. The zero-order valence-corrected chi connectivity index (χ0v) is 10.4. The van der Waals surface area contributed by atoms with Gasteiger partial charge in [-0.05, 0) is 31.2 Å². The first kappa shape index (κ1) is 13.6. The molecule has 3 nitrogen and oxygen atoms in total. The van der Waals surface area contributed by atoms with Crippen LogP contribution in [0.3, 0.4) is 0 Å². The maximum atomic E-state index is 13.2. The minimum atomic E-state index is -0.313. The van der Waals surface area contributed by atoms with E-state index >= 15 is 0 Å². The average Bonchev–Trinajstić information content (AvgIpc) is 2.34.